The van der Waals surface area contributed by atoms with Crippen LogP contribution >= 0.6 is 11.8 Å². The third-order valence-electron chi connectivity index (χ3n) is 8.08. The number of hydrogen-bond acceptors (Lipinski definition) is 6. The molecular weight excluding hydrogens is 555 g/mol. The van der Waals surface area contributed by atoms with Crippen molar-refractivity contribution >= 4 is 27.7 Å². The standard InChI is InChI=1S/C32H39N3O4S2/c36-23-19-28-13-7-8-20-34(28)21-18-30(27-11-5-2-6-12-27)33-31(37)32-35(22-24-40-32)41(38,39)29-16-14-26(15-17-29)25-9-3-1-4-10-25/h1-6,9-12,14-17,28,30,32,36H,7-8,13,18-24H2,(H,33,37)/t28?,30-,32-/m0/s1. The number of nitrogens with one attached hydrogen (secondary N) is 1. The molecule has 2 heterocycles. The lowest BCUT2D eigenvalue weighted by atomic mass is 9.97. The molecule has 3 atom stereocenters. The third-order valence-corrected chi connectivity index (χ3v) is 11.3. The van der Waals surface area contributed by atoms with Crippen molar-refractivity contribution in [1.29, 1.82) is 0 Å². The van der Waals surface area contributed by atoms with Crippen LogP contribution in [0.15, 0.2) is 89.8 Å². The first-order valence-corrected chi connectivity index (χ1v) is 17.0. The Kier molecular flexibility index (Phi) is 10.2. The smallest absolute Gasteiger partial charge is 0.249 e. The summed E-state index contributed by atoms with van der Waals surface area (Å²) in [5.74, 6) is 0.280. The van der Waals surface area contributed by atoms with Crippen LogP contribution in [0.25, 0.3) is 11.1 Å². The van der Waals surface area contributed by atoms with E-state index in [1.54, 1.807) is 12.1 Å². The Bertz CT molecular complexity index is 1370. The Morgan fingerprint density at radius 2 is 1.61 bits per heavy atom. The van der Waals surface area contributed by atoms with Crippen LogP contribution in [0.5, 0.6) is 0 Å². The van der Waals surface area contributed by atoms with E-state index >= 15 is 0 Å². The van der Waals surface area contributed by atoms with E-state index in [1.165, 1.54) is 22.5 Å². The number of carbonyl (C=O) groups is 1. The summed E-state index contributed by atoms with van der Waals surface area (Å²) in [7, 11) is -3.86. The Morgan fingerprint density at radius 1 is 0.927 bits per heavy atom. The molecule has 2 fully saturated rings. The summed E-state index contributed by atoms with van der Waals surface area (Å²) in [5, 5.41) is 11.9. The number of thioether (sulfide) groups is 1. The van der Waals surface area contributed by atoms with Gasteiger partial charge in [0.05, 0.1) is 10.9 Å². The minimum atomic E-state index is -3.86. The summed E-state index contributed by atoms with van der Waals surface area (Å²) in [6.07, 6.45) is 4.88. The number of rotatable bonds is 11. The van der Waals surface area contributed by atoms with Gasteiger partial charge in [0.2, 0.25) is 15.9 Å². The third kappa shape index (κ3) is 7.21. The van der Waals surface area contributed by atoms with Crippen molar-refractivity contribution in [3.8, 4) is 11.1 Å². The predicted molar refractivity (Wildman–Crippen MR) is 165 cm³/mol. The van der Waals surface area contributed by atoms with Crippen molar-refractivity contribution < 1.29 is 18.3 Å². The molecule has 0 radical (unpaired) electrons. The van der Waals surface area contributed by atoms with Crippen molar-refractivity contribution in [2.75, 3.05) is 32.0 Å². The highest BCUT2D eigenvalue weighted by molar-refractivity contribution is 8.02. The second-order valence-corrected chi connectivity index (χ2v) is 13.8. The van der Waals surface area contributed by atoms with Crippen LogP contribution in [-0.2, 0) is 14.8 Å². The molecule has 2 saturated heterocycles. The zero-order valence-corrected chi connectivity index (χ0v) is 24.9. The van der Waals surface area contributed by atoms with Crippen LogP contribution in [-0.4, -0.2) is 72.0 Å². The Labute approximate surface area is 248 Å². The molecule has 1 unspecified atom stereocenters. The second-order valence-electron chi connectivity index (χ2n) is 10.7. The summed E-state index contributed by atoms with van der Waals surface area (Å²) in [6.45, 7) is 2.27. The van der Waals surface area contributed by atoms with Gasteiger partial charge in [-0.15, -0.1) is 11.8 Å². The normalized spacial score (nSPS) is 21.0. The minimum Gasteiger partial charge on any atom is -0.396 e. The first kappa shape index (κ1) is 29.8. The molecule has 2 aliphatic rings. The van der Waals surface area contributed by atoms with E-state index in [-0.39, 0.29) is 30.0 Å². The number of piperidine rings is 1. The van der Waals surface area contributed by atoms with Crippen LogP contribution in [0.1, 0.15) is 43.7 Å². The van der Waals surface area contributed by atoms with Crippen LogP contribution < -0.4 is 5.32 Å². The molecule has 2 aliphatic heterocycles. The Morgan fingerprint density at radius 3 is 2.32 bits per heavy atom. The lowest BCUT2D eigenvalue weighted by Crippen LogP contribution is -2.46. The number of carbonyl (C=O) groups excluding carboxylic acids is 1. The average Bonchev–Trinajstić information content (AvgIpc) is 3.52. The van der Waals surface area contributed by atoms with Gasteiger partial charge in [-0.1, -0.05) is 79.2 Å². The molecule has 218 valence electrons. The van der Waals surface area contributed by atoms with Crippen molar-refractivity contribution in [2.45, 2.75) is 54.5 Å². The van der Waals surface area contributed by atoms with E-state index in [4.69, 9.17) is 0 Å². The van der Waals surface area contributed by atoms with Gasteiger partial charge in [-0.25, -0.2) is 8.42 Å². The van der Waals surface area contributed by atoms with E-state index in [1.807, 2.05) is 72.8 Å². The lowest BCUT2D eigenvalue weighted by molar-refractivity contribution is -0.123. The maximum atomic E-state index is 13.7. The fourth-order valence-electron chi connectivity index (χ4n) is 5.87. The number of aliphatic hydroxyl groups excluding tert-OH is 1. The molecular formula is C32H39N3O4S2. The second kappa shape index (κ2) is 14.0. The number of amides is 1. The molecule has 1 amide bonds. The highest BCUT2D eigenvalue weighted by atomic mass is 32.2. The molecule has 9 heteroatoms. The van der Waals surface area contributed by atoms with Crippen LogP contribution in [0, 0.1) is 0 Å². The molecule has 0 bridgehead atoms. The average molecular weight is 594 g/mol. The van der Waals surface area contributed by atoms with Gasteiger partial charge in [0.15, 0.2) is 0 Å². The quantitative estimate of drug-likeness (QED) is 0.329. The largest absolute Gasteiger partial charge is 0.396 e. The van der Waals surface area contributed by atoms with Gasteiger partial charge in [0.1, 0.15) is 5.37 Å². The van der Waals surface area contributed by atoms with E-state index in [0.29, 0.717) is 18.2 Å². The molecule has 0 saturated carbocycles. The van der Waals surface area contributed by atoms with E-state index in [0.717, 1.165) is 49.0 Å². The lowest BCUT2D eigenvalue weighted by Gasteiger charge is -2.36. The topological polar surface area (TPSA) is 90.0 Å². The monoisotopic (exact) mass is 593 g/mol. The number of aliphatic hydroxyl groups is 1. The molecule has 7 nitrogen and oxygen atoms in total. The predicted octanol–water partition coefficient (Wildman–Crippen LogP) is 4.90. The van der Waals surface area contributed by atoms with Gasteiger partial charge in [0, 0.05) is 31.5 Å². The molecule has 0 aromatic heterocycles. The van der Waals surface area contributed by atoms with Crippen molar-refractivity contribution in [3.63, 3.8) is 0 Å². The Balaban J connectivity index is 1.30. The minimum absolute atomic E-state index is 0.179. The van der Waals surface area contributed by atoms with Crippen molar-refractivity contribution in [3.05, 3.63) is 90.5 Å². The van der Waals surface area contributed by atoms with E-state index in [9.17, 15) is 18.3 Å². The van der Waals surface area contributed by atoms with Gasteiger partial charge in [-0.05, 0) is 61.1 Å². The summed E-state index contributed by atoms with van der Waals surface area (Å²) < 4.78 is 28.7. The molecule has 3 aromatic carbocycles. The number of benzene rings is 3. The van der Waals surface area contributed by atoms with Gasteiger partial charge < -0.3 is 15.3 Å². The number of nitrogens with zero attached hydrogens (tertiary/aromatic N) is 2. The number of hydrogen-bond donors (Lipinski definition) is 2. The molecule has 5 rings (SSSR count). The van der Waals surface area contributed by atoms with E-state index < -0.39 is 15.4 Å². The molecule has 41 heavy (non-hydrogen) atoms. The first-order chi connectivity index (χ1) is 20.0. The summed E-state index contributed by atoms with van der Waals surface area (Å²) >= 11 is 1.37. The van der Waals surface area contributed by atoms with Crippen LogP contribution in [0.2, 0.25) is 0 Å². The highest BCUT2D eigenvalue weighted by Crippen LogP contribution is 2.32. The molecule has 2 N–H and O–H groups in total. The van der Waals surface area contributed by atoms with E-state index in [2.05, 4.69) is 10.2 Å². The van der Waals surface area contributed by atoms with Gasteiger partial charge in [-0.3, -0.25) is 4.79 Å². The van der Waals surface area contributed by atoms with Gasteiger partial charge >= 0.3 is 0 Å². The first-order valence-electron chi connectivity index (χ1n) is 14.5. The number of sulfonamides is 1. The van der Waals surface area contributed by atoms with Gasteiger partial charge in [-0.2, -0.15) is 4.31 Å². The fourth-order valence-corrected chi connectivity index (χ4v) is 8.95. The highest BCUT2D eigenvalue weighted by Gasteiger charge is 2.41. The van der Waals surface area contributed by atoms with Crippen LogP contribution in [0.3, 0.4) is 0 Å². The number of likely N-dealkylation sites (tertiary alicyclic amines) is 1. The maximum Gasteiger partial charge on any atom is 0.249 e. The zero-order chi connectivity index (χ0) is 28.7. The van der Waals surface area contributed by atoms with Crippen molar-refractivity contribution in [1.82, 2.24) is 14.5 Å². The summed E-state index contributed by atoms with van der Waals surface area (Å²) in [4.78, 5) is 16.3. The molecule has 0 aliphatic carbocycles. The van der Waals surface area contributed by atoms with Crippen LogP contribution in [0.4, 0.5) is 0 Å². The summed E-state index contributed by atoms with van der Waals surface area (Å²) in [6, 6.07) is 26.7. The van der Waals surface area contributed by atoms with Crippen molar-refractivity contribution in [2.24, 2.45) is 0 Å². The SMILES string of the molecule is O=C(N[C@@H](CCN1CCCCC1CCO)c1ccccc1)[C@@H]1SCCN1S(=O)(=O)c1ccc(-c2ccccc2)cc1. The molecule has 3 aromatic rings. The molecule has 0 spiro atoms. The zero-order valence-electron chi connectivity index (χ0n) is 23.3. The summed E-state index contributed by atoms with van der Waals surface area (Å²) in [5.41, 5.74) is 2.96. The van der Waals surface area contributed by atoms with Gasteiger partial charge in [0.25, 0.3) is 0 Å². The maximum absolute atomic E-state index is 13.7. The Hall–Kier alpha value is -2.69. The fraction of sp³-hybridized carbons (Fsp3) is 0.406.